The van der Waals surface area contributed by atoms with Gasteiger partial charge >= 0.3 is 6.09 Å². The number of benzene rings is 3. The SMILES string of the molecule is Cc1cc(N)cc(C=CCCNC(=O)OCC2c3ccccc3-c3ccccc32)c1. The topological polar surface area (TPSA) is 64.3 Å². The van der Waals surface area contributed by atoms with Gasteiger partial charge in [0, 0.05) is 18.2 Å². The molecule has 4 nitrogen and oxygen atoms in total. The zero-order valence-electron chi connectivity index (χ0n) is 17.1. The van der Waals surface area contributed by atoms with E-state index in [2.05, 4.69) is 35.6 Å². The average molecular weight is 399 g/mol. The van der Waals surface area contributed by atoms with Crippen LogP contribution < -0.4 is 11.1 Å². The lowest BCUT2D eigenvalue weighted by Gasteiger charge is -2.14. The quantitative estimate of drug-likeness (QED) is 0.424. The van der Waals surface area contributed by atoms with Gasteiger partial charge in [-0.2, -0.15) is 0 Å². The minimum atomic E-state index is -0.384. The molecule has 0 heterocycles. The molecule has 4 rings (SSSR count). The first-order valence-corrected chi connectivity index (χ1v) is 10.2. The third-order valence-electron chi connectivity index (χ3n) is 5.36. The summed E-state index contributed by atoms with van der Waals surface area (Å²) >= 11 is 0. The molecule has 0 atom stereocenters. The summed E-state index contributed by atoms with van der Waals surface area (Å²) in [5.74, 6) is 0.0785. The highest BCUT2D eigenvalue weighted by atomic mass is 16.5. The van der Waals surface area contributed by atoms with E-state index in [4.69, 9.17) is 10.5 Å². The average Bonchev–Trinajstić information content (AvgIpc) is 3.05. The lowest BCUT2D eigenvalue weighted by Crippen LogP contribution is -2.26. The molecule has 1 aliphatic rings. The maximum Gasteiger partial charge on any atom is 0.407 e. The van der Waals surface area contributed by atoms with Crippen LogP contribution in [0.5, 0.6) is 0 Å². The number of rotatable bonds is 6. The number of carbonyl (C=O) groups excluding carboxylic acids is 1. The Morgan fingerprint density at radius 3 is 2.37 bits per heavy atom. The number of amides is 1. The first kappa shape index (κ1) is 19.8. The van der Waals surface area contributed by atoms with Crippen LogP contribution in [-0.4, -0.2) is 19.2 Å². The molecule has 1 aliphatic carbocycles. The Balaban J connectivity index is 1.28. The maximum absolute atomic E-state index is 12.2. The lowest BCUT2D eigenvalue weighted by atomic mass is 9.98. The molecule has 1 amide bonds. The first-order chi connectivity index (χ1) is 14.6. The van der Waals surface area contributed by atoms with Crippen molar-refractivity contribution in [2.45, 2.75) is 19.3 Å². The number of nitrogens with two attached hydrogens (primary N) is 1. The van der Waals surface area contributed by atoms with Crippen molar-refractivity contribution < 1.29 is 9.53 Å². The number of fused-ring (bicyclic) bond motifs is 3. The van der Waals surface area contributed by atoms with Gasteiger partial charge in [-0.3, -0.25) is 0 Å². The van der Waals surface area contributed by atoms with Gasteiger partial charge in [0.05, 0.1) is 0 Å². The van der Waals surface area contributed by atoms with E-state index in [1.54, 1.807) is 0 Å². The van der Waals surface area contributed by atoms with Gasteiger partial charge in [0.2, 0.25) is 0 Å². The number of nitrogen functional groups attached to an aromatic ring is 1. The Morgan fingerprint density at radius 2 is 1.70 bits per heavy atom. The van der Waals surface area contributed by atoms with Crippen LogP contribution in [0.4, 0.5) is 10.5 Å². The van der Waals surface area contributed by atoms with Gasteiger partial charge in [-0.05, 0) is 58.9 Å². The molecule has 0 bridgehead atoms. The molecule has 0 radical (unpaired) electrons. The highest BCUT2D eigenvalue weighted by Gasteiger charge is 2.28. The summed E-state index contributed by atoms with van der Waals surface area (Å²) < 4.78 is 5.55. The minimum Gasteiger partial charge on any atom is -0.449 e. The van der Waals surface area contributed by atoms with Crippen LogP contribution in [-0.2, 0) is 4.74 Å². The highest BCUT2D eigenvalue weighted by Crippen LogP contribution is 2.44. The van der Waals surface area contributed by atoms with E-state index in [0.29, 0.717) is 13.2 Å². The summed E-state index contributed by atoms with van der Waals surface area (Å²) in [5, 5.41) is 2.83. The van der Waals surface area contributed by atoms with E-state index in [1.165, 1.54) is 22.3 Å². The van der Waals surface area contributed by atoms with Crippen molar-refractivity contribution in [3.63, 3.8) is 0 Å². The number of anilines is 1. The van der Waals surface area contributed by atoms with Crippen LogP contribution in [0.1, 0.15) is 34.6 Å². The molecule has 0 aliphatic heterocycles. The van der Waals surface area contributed by atoms with E-state index < -0.39 is 0 Å². The Morgan fingerprint density at radius 1 is 1.03 bits per heavy atom. The Kier molecular flexibility index (Phi) is 5.84. The van der Waals surface area contributed by atoms with Crippen molar-refractivity contribution >= 4 is 17.9 Å². The summed E-state index contributed by atoms with van der Waals surface area (Å²) in [5.41, 5.74) is 13.7. The van der Waals surface area contributed by atoms with Crippen molar-refractivity contribution in [2.75, 3.05) is 18.9 Å². The molecular formula is C26H26N2O2. The molecule has 30 heavy (non-hydrogen) atoms. The summed E-state index contributed by atoms with van der Waals surface area (Å²) in [4.78, 5) is 12.2. The van der Waals surface area contributed by atoms with Gasteiger partial charge in [0.25, 0.3) is 0 Å². The lowest BCUT2D eigenvalue weighted by molar-refractivity contribution is 0.143. The normalized spacial score (nSPS) is 12.6. The molecule has 152 valence electrons. The fourth-order valence-electron chi connectivity index (χ4n) is 4.07. The van der Waals surface area contributed by atoms with Crippen molar-refractivity contribution in [3.05, 3.63) is 95.1 Å². The fraction of sp³-hybridized carbons (Fsp3) is 0.192. The zero-order valence-corrected chi connectivity index (χ0v) is 17.1. The Labute approximate surface area is 177 Å². The minimum absolute atomic E-state index is 0.0785. The molecule has 0 fully saturated rings. The molecule has 0 unspecified atom stereocenters. The van der Waals surface area contributed by atoms with Crippen molar-refractivity contribution in [1.29, 1.82) is 0 Å². The smallest absolute Gasteiger partial charge is 0.407 e. The van der Waals surface area contributed by atoms with Gasteiger partial charge in [-0.1, -0.05) is 66.7 Å². The predicted octanol–water partition coefficient (Wildman–Crippen LogP) is 5.52. The molecule has 3 aromatic rings. The maximum atomic E-state index is 12.2. The van der Waals surface area contributed by atoms with E-state index in [1.807, 2.05) is 55.5 Å². The van der Waals surface area contributed by atoms with Gasteiger partial charge in [0.1, 0.15) is 6.61 Å². The highest BCUT2D eigenvalue weighted by molar-refractivity contribution is 5.79. The van der Waals surface area contributed by atoms with E-state index in [-0.39, 0.29) is 12.0 Å². The molecule has 0 aromatic heterocycles. The second-order valence-electron chi connectivity index (χ2n) is 7.62. The predicted molar refractivity (Wildman–Crippen MR) is 122 cm³/mol. The molecule has 4 heteroatoms. The second kappa shape index (κ2) is 8.87. The van der Waals surface area contributed by atoms with Gasteiger partial charge in [-0.15, -0.1) is 0 Å². The molecule has 0 spiro atoms. The number of hydrogen-bond acceptors (Lipinski definition) is 3. The number of hydrogen-bond donors (Lipinski definition) is 2. The molecule has 0 saturated heterocycles. The standard InChI is InChI=1S/C26H26N2O2/c1-18-14-19(16-20(27)15-18)8-6-7-13-28-26(29)30-17-25-23-11-4-2-9-21(23)22-10-3-5-12-24(22)25/h2-6,8-12,14-16,25H,7,13,17,27H2,1H3,(H,28,29). The van der Waals surface area contributed by atoms with Crippen LogP contribution in [0.2, 0.25) is 0 Å². The molecular weight excluding hydrogens is 372 g/mol. The summed E-state index contributed by atoms with van der Waals surface area (Å²) in [6.45, 7) is 2.87. The van der Waals surface area contributed by atoms with Crippen LogP contribution >= 0.6 is 0 Å². The third kappa shape index (κ3) is 4.38. The molecule has 0 saturated carbocycles. The fourth-order valence-corrected chi connectivity index (χ4v) is 4.07. The van der Waals surface area contributed by atoms with Crippen LogP contribution in [0, 0.1) is 6.92 Å². The Bertz CT molecular complexity index is 1020. The monoisotopic (exact) mass is 398 g/mol. The largest absolute Gasteiger partial charge is 0.449 e. The van der Waals surface area contributed by atoms with Crippen LogP contribution in [0.15, 0.2) is 72.8 Å². The number of ether oxygens (including phenoxy) is 1. The van der Waals surface area contributed by atoms with Crippen molar-refractivity contribution in [3.8, 4) is 11.1 Å². The molecule has 3 aromatic carbocycles. The number of nitrogens with one attached hydrogen (secondary N) is 1. The summed E-state index contributed by atoms with van der Waals surface area (Å²) in [6.07, 6.45) is 4.38. The van der Waals surface area contributed by atoms with Crippen LogP contribution in [0.25, 0.3) is 17.2 Å². The zero-order chi connectivity index (χ0) is 20.9. The van der Waals surface area contributed by atoms with Crippen LogP contribution in [0.3, 0.4) is 0 Å². The van der Waals surface area contributed by atoms with Gasteiger partial charge < -0.3 is 15.8 Å². The summed E-state index contributed by atoms with van der Waals surface area (Å²) in [6, 6.07) is 22.6. The Hall–Kier alpha value is -3.53. The summed E-state index contributed by atoms with van der Waals surface area (Å²) in [7, 11) is 0. The molecule has 3 N–H and O–H groups in total. The van der Waals surface area contributed by atoms with E-state index >= 15 is 0 Å². The number of alkyl carbamates (subject to hydrolysis) is 1. The van der Waals surface area contributed by atoms with Gasteiger partial charge in [0.15, 0.2) is 0 Å². The van der Waals surface area contributed by atoms with Crippen molar-refractivity contribution in [2.24, 2.45) is 0 Å². The van der Waals surface area contributed by atoms with E-state index in [9.17, 15) is 4.79 Å². The second-order valence-corrected chi connectivity index (χ2v) is 7.62. The van der Waals surface area contributed by atoms with E-state index in [0.717, 1.165) is 23.2 Å². The first-order valence-electron chi connectivity index (χ1n) is 10.2. The number of carbonyl (C=O) groups is 1. The van der Waals surface area contributed by atoms with Gasteiger partial charge in [-0.25, -0.2) is 4.79 Å². The van der Waals surface area contributed by atoms with Crippen molar-refractivity contribution in [1.82, 2.24) is 5.32 Å². The third-order valence-corrected chi connectivity index (χ3v) is 5.36. The number of aryl methyl sites for hydroxylation is 1.